The maximum Gasteiger partial charge on any atom is 0.129 e. The molecule has 5 heteroatoms. The average molecular weight is 315 g/mol. The van der Waals surface area contributed by atoms with Crippen molar-refractivity contribution >= 4 is 0 Å². The van der Waals surface area contributed by atoms with Crippen LogP contribution >= 0.6 is 0 Å². The summed E-state index contributed by atoms with van der Waals surface area (Å²) in [6.45, 7) is 4.19. The molecule has 1 N–H and O–H groups in total. The molecule has 0 aliphatic carbocycles. The molecular formula is C17H24F3NO. The zero-order valence-electron chi connectivity index (χ0n) is 13.2. The number of aliphatic hydroxyl groups excluding tert-OH is 1. The Morgan fingerprint density at radius 1 is 1.27 bits per heavy atom. The molecule has 0 spiro atoms. The van der Waals surface area contributed by atoms with Gasteiger partial charge in [-0.3, -0.25) is 4.90 Å². The van der Waals surface area contributed by atoms with E-state index in [9.17, 15) is 18.3 Å². The van der Waals surface area contributed by atoms with Crippen LogP contribution in [-0.4, -0.2) is 41.9 Å². The predicted octanol–water partition coefficient (Wildman–Crippen LogP) is 3.43. The van der Waals surface area contributed by atoms with Crippen molar-refractivity contribution in [3.05, 3.63) is 34.9 Å². The number of rotatable bonds is 5. The SMILES string of the molecule is CC(C)c1cc(F)c(CCN2CCC(O)CC2CF)c(F)c1. The molecule has 1 aromatic rings. The Morgan fingerprint density at radius 2 is 1.91 bits per heavy atom. The largest absolute Gasteiger partial charge is 0.393 e. The standard InChI is InChI=1S/C17H24F3NO/c1-11(2)12-7-16(19)15(17(20)8-12)4-6-21-5-3-14(22)9-13(21)10-18/h7-8,11,13-14,22H,3-6,9-10H2,1-2H3. The van der Waals surface area contributed by atoms with Crippen LogP contribution in [0.2, 0.25) is 0 Å². The fourth-order valence-electron chi connectivity index (χ4n) is 2.98. The summed E-state index contributed by atoms with van der Waals surface area (Å²) in [5.41, 5.74) is 0.703. The summed E-state index contributed by atoms with van der Waals surface area (Å²) < 4.78 is 41.2. The zero-order chi connectivity index (χ0) is 16.3. The molecule has 2 unspecified atom stereocenters. The third-order valence-corrected chi connectivity index (χ3v) is 4.47. The molecule has 1 heterocycles. The number of nitrogens with zero attached hydrogens (tertiary/aromatic N) is 1. The van der Waals surface area contributed by atoms with Gasteiger partial charge in [-0.05, 0) is 42.9 Å². The van der Waals surface area contributed by atoms with E-state index in [4.69, 9.17) is 0 Å². The van der Waals surface area contributed by atoms with Crippen molar-refractivity contribution in [3.8, 4) is 0 Å². The Kier molecular flexibility index (Phi) is 5.87. The number of likely N-dealkylation sites (tertiary alicyclic amines) is 1. The van der Waals surface area contributed by atoms with E-state index < -0.39 is 24.4 Å². The van der Waals surface area contributed by atoms with Crippen molar-refractivity contribution in [3.63, 3.8) is 0 Å². The summed E-state index contributed by atoms with van der Waals surface area (Å²) in [6, 6.07) is 2.41. The maximum atomic E-state index is 14.1. The summed E-state index contributed by atoms with van der Waals surface area (Å²) in [5.74, 6) is -0.993. The van der Waals surface area contributed by atoms with Crippen molar-refractivity contribution in [2.24, 2.45) is 0 Å². The van der Waals surface area contributed by atoms with Crippen molar-refractivity contribution < 1.29 is 18.3 Å². The number of hydrogen-bond acceptors (Lipinski definition) is 2. The first-order valence-electron chi connectivity index (χ1n) is 7.88. The lowest BCUT2D eigenvalue weighted by molar-refractivity contribution is 0.0320. The first-order valence-corrected chi connectivity index (χ1v) is 7.88. The molecule has 0 radical (unpaired) electrons. The molecule has 1 fully saturated rings. The van der Waals surface area contributed by atoms with Gasteiger partial charge >= 0.3 is 0 Å². The van der Waals surface area contributed by atoms with E-state index in [0.29, 0.717) is 31.5 Å². The number of aliphatic hydroxyl groups is 1. The van der Waals surface area contributed by atoms with E-state index in [0.717, 1.165) is 0 Å². The fraction of sp³-hybridized carbons (Fsp3) is 0.647. The highest BCUT2D eigenvalue weighted by molar-refractivity contribution is 5.28. The minimum absolute atomic E-state index is 0.0631. The van der Waals surface area contributed by atoms with Gasteiger partial charge < -0.3 is 5.11 Å². The lowest BCUT2D eigenvalue weighted by Crippen LogP contribution is -2.46. The quantitative estimate of drug-likeness (QED) is 0.900. The molecule has 2 nitrogen and oxygen atoms in total. The van der Waals surface area contributed by atoms with Crippen molar-refractivity contribution in [1.82, 2.24) is 4.90 Å². The van der Waals surface area contributed by atoms with Crippen LogP contribution in [0.25, 0.3) is 0 Å². The highest BCUT2D eigenvalue weighted by Crippen LogP contribution is 2.23. The van der Waals surface area contributed by atoms with Gasteiger partial charge in [0.25, 0.3) is 0 Å². The van der Waals surface area contributed by atoms with Gasteiger partial charge in [-0.2, -0.15) is 0 Å². The van der Waals surface area contributed by atoms with Gasteiger partial charge in [0.05, 0.1) is 6.10 Å². The van der Waals surface area contributed by atoms with E-state index in [2.05, 4.69) is 0 Å². The second-order valence-corrected chi connectivity index (χ2v) is 6.39. The highest BCUT2D eigenvalue weighted by Gasteiger charge is 2.27. The molecule has 22 heavy (non-hydrogen) atoms. The maximum absolute atomic E-state index is 14.1. The Morgan fingerprint density at radius 3 is 2.45 bits per heavy atom. The normalized spacial score (nSPS) is 23.2. The number of alkyl halides is 1. The first kappa shape index (κ1) is 17.3. The summed E-state index contributed by atoms with van der Waals surface area (Å²) in [4.78, 5) is 1.88. The first-order chi connectivity index (χ1) is 10.4. The zero-order valence-corrected chi connectivity index (χ0v) is 13.2. The van der Waals surface area contributed by atoms with Gasteiger partial charge in [0.15, 0.2) is 0 Å². The Bertz CT molecular complexity index is 484. The third-order valence-electron chi connectivity index (χ3n) is 4.47. The Labute approximate surface area is 129 Å². The molecule has 0 aromatic heterocycles. The van der Waals surface area contributed by atoms with Gasteiger partial charge in [0, 0.05) is 24.7 Å². The molecule has 2 atom stereocenters. The van der Waals surface area contributed by atoms with Crippen molar-refractivity contribution in [1.29, 1.82) is 0 Å². The van der Waals surface area contributed by atoms with Crippen LogP contribution in [0.4, 0.5) is 13.2 Å². The fourth-order valence-corrected chi connectivity index (χ4v) is 2.98. The summed E-state index contributed by atoms with van der Waals surface area (Å²) >= 11 is 0. The average Bonchev–Trinajstić information content (AvgIpc) is 2.47. The van der Waals surface area contributed by atoms with E-state index in [1.807, 2.05) is 18.7 Å². The molecular weight excluding hydrogens is 291 g/mol. The molecule has 124 valence electrons. The summed E-state index contributed by atoms with van der Waals surface area (Å²) in [7, 11) is 0. The molecule has 0 saturated carbocycles. The van der Waals surface area contributed by atoms with Crippen LogP contribution in [-0.2, 0) is 6.42 Å². The number of halogens is 3. The number of hydrogen-bond donors (Lipinski definition) is 1. The van der Waals surface area contributed by atoms with Crippen LogP contribution in [0, 0.1) is 11.6 Å². The summed E-state index contributed by atoms with van der Waals surface area (Å²) in [6.07, 6.45) is 0.695. The lowest BCUT2D eigenvalue weighted by atomic mass is 9.97. The van der Waals surface area contributed by atoms with Crippen LogP contribution < -0.4 is 0 Å². The second kappa shape index (κ2) is 7.47. The minimum atomic E-state index is -0.547. The molecule has 0 bridgehead atoms. The molecule has 1 aliphatic rings. The Hall–Kier alpha value is -1.07. The van der Waals surface area contributed by atoms with Crippen LogP contribution in [0.1, 0.15) is 43.7 Å². The number of piperidine rings is 1. The topological polar surface area (TPSA) is 23.5 Å². The lowest BCUT2D eigenvalue weighted by Gasteiger charge is -2.36. The smallest absolute Gasteiger partial charge is 0.129 e. The van der Waals surface area contributed by atoms with E-state index in [1.165, 1.54) is 12.1 Å². The van der Waals surface area contributed by atoms with Crippen LogP contribution in [0.15, 0.2) is 12.1 Å². The minimum Gasteiger partial charge on any atom is -0.393 e. The molecule has 1 aromatic carbocycles. The number of benzene rings is 1. The van der Waals surface area contributed by atoms with E-state index in [-0.39, 0.29) is 23.9 Å². The molecule has 1 saturated heterocycles. The highest BCUT2D eigenvalue weighted by atomic mass is 19.1. The van der Waals surface area contributed by atoms with Crippen molar-refractivity contribution in [2.75, 3.05) is 19.8 Å². The van der Waals surface area contributed by atoms with Crippen molar-refractivity contribution in [2.45, 2.75) is 51.2 Å². The molecule has 2 rings (SSSR count). The Balaban J connectivity index is 2.05. The molecule has 0 amide bonds. The van der Waals surface area contributed by atoms with E-state index >= 15 is 0 Å². The van der Waals surface area contributed by atoms with Gasteiger partial charge in [-0.15, -0.1) is 0 Å². The van der Waals surface area contributed by atoms with Gasteiger partial charge in [-0.25, -0.2) is 13.2 Å². The second-order valence-electron chi connectivity index (χ2n) is 6.39. The van der Waals surface area contributed by atoms with Gasteiger partial charge in [0.2, 0.25) is 0 Å². The van der Waals surface area contributed by atoms with Crippen LogP contribution in [0.5, 0.6) is 0 Å². The molecule has 1 aliphatic heterocycles. The van der Waals surface area contributed by atoms with Crippen LogP contribution in [0.3, 0.4) is 0 Å². The van der Waals surface area contributed by atoms with E-state index in [1.54, 1.807) is 0 Å². The third kappa shape index (κ3) is 4.02. The van der Waals surface area contributed by atoms with Gasteiger partial charge in [-0.1, -0.05) is 13.8 Å². The monoisotopic (exact) mass is 315 g/mol. The predicted molar refractivity (Wildman–Crippen MR) is 80.7 cm³/mol. The summed E-state index contributed by atoms with van der Waals surface area (Å²) in [5, 5.41) is 9.57. The van der Waals surface area contributed by atoms with Gasteiger partial charge in [0.1, 0.15) is 18.3 Å².